The molecule has 0 spiro atoms. The number of benzene rings is 1. The molecule has 0 aliphatic carbocycles. The van der Waals surface area contributed by atoms with Crippen molar-refractivity contribution in [3.05, 3.63) is 41.0 Å². The Morgan fingerprint density at radius 1 is 1.28 bits per heavy atom. The maximum absolute atomic E-state index is 12.9. The summed E-state index contributed by atoms with van der Waals surface area (Å²) in [5.74, 6) is -2.47. The Morgan fingerprint density at radius 3 is 2.41 bits per heavy atom. The van der Waals surface area contributed by atoms with E-state index in [9.17, 15) is 41.5 Å². The Kier molecular flexibility index (Phi) is 6.10. The molecule has 0 aliphatic rings. The lowest BCUT2D eigenvalue weighted by atomic mass is 10.1. The van der Waals surface area contributed by atoms with Crippen LogP contribution in [0.25, 0.3) is 5.69 Å². The summed E-state index contributed by atoms with van der Waals surface area (Å²) in [6.07, 6.45) is -11.5. The van der Waals surface area contributed by atoms with Crippen molar-refractivity contribution < 1.29 is 41.0 Å². The molecule has 156 valence electrons. The Bertz CT molecular complexity index is 957. The fraction of sp³-hybridized carbons (Fsp3) is 0.353. The number of carboxylic acid groups (broad SMARTS) is 1. The van der Waals surface area contributed by atoms with E-state index in [2.05, 4.69) is 9.72 Å². The predicted octanol–water partition coefficient (Wildman–Crippen LogP) is 4.40. The normalized spacial score (nSPS) is 11.9. The first-order valence-electron chi connectivity index (χ1n) is 8.07. The minimum absolute atomic E-state index is 0.0333. The number of nitriles is 1. The van der Waals surface area contributed by atoms with Crippen LogP contribution in [0.2, 0.25) is 0 Å². The molecule has 2 aromatic rings. The average molecular weight is 421 g/mol. The molecule has 0 fully saturated rings. The lowest BCUT2D eigenvalue weighted by Gasteiger charge is -2.17. The first-order valence-corrected chi connectivity index (χ1v) is 8.07. The van der Waals surface area contributed by atoms with Crippen LogP contribution in [0.5, 0.6) is 5.75 Å². The van der Waals surface area contributed by atoms with E-state index in [1.807, 2.05) is 0 Å². The minimum atomic E-state index is -5.17. The fourth-order valence-corrected chi connectivity index (χ4v) is 2.61. The number of aromatic nitrogens is 2. The molecule has 12 heteroatoms. The summed E-state index contributed by atoms with van der Waals surface area (Å²) >= 11 is 0. The van der Waals surface area contributed by atoms with Gasteiger partial charge in [0.2, 0.25) is 0 Å². The molecule has 0 unspecified atom stereocenters. The summed E-state index contributed by atoms with van der Waals surface area (Å²) < 4.78 is 80.7. The smallest absolute Gasteiger partial charge is 0.476 e. The van der Waals surface area contributed by atoms with E-state index in [-0.39, 0.29) is 23.5 Å². The number of aryl methyl sites for hydroxylation is 2. The summed E-state index contributed by atoms with van der Waals surface area (Å²) in [7, 11) is 0. The summed E-state index contributed by atoms with van der Waals surface area (Å²) in [6, 6.07) is 4.53. The third-order valence-electron chi connectivity index (χ3n) is 3.76. The summed E-state index contributed by atoms with van der Waals surface area (Å²) in [5.41, 5.74) is -1.65. The van der Waals surface area contributed by atoms with Crippen molar-refractivity contribution in [3.8, 4) is 17.5 Å². The van der Waals surface area contributed by atoms with Gasteiger partial charge in [-0.15, -0.1) is 13.2 Å². The van der Waals surface area contributed by atoms with Gasteiger partial charge in [0.15, 0.2) is 17.1 Å². The van der Waals surface area contributed by atoms with Gasteiger partial charge in [-0.2, -0.15) is 18.4 Å². The highest BCUT2D eigenvalue weighted by molar-refractivity contribution is 5.88. The molecule has 2 rings (SSSR count). The van der Waals surface area contributed by atoms with Crippen LogP contribution < -0.4 is 4.74 Å². The zero-order valence-corrected chi connectivity index (χ0v) is 14.7. The highest BCUT2D eigenvalue weighted by Gasteiger charge is 2.34. The van der Waals surface area contributed by atoms with E-state index >= 15 is 0 Å². The molecule has 0 bridgehead atoms. The molecule has 0 saturated carbocycles. The number of hydrogen-bond acceptors (Lipinski definition) is 4. The van der Waals surface area contributed by atoms with Crippen LogP contribution in [0.15, 0.2) is 18.2 Å². The molecular weight excluding hydrogens is 408 g/mol. The van der Waals surface area contributed by atoms with Gasteiger partial charge in [0.25, 0.3) is 0 Å². The van der Waals surface area contributed by atoms with Gasteiger partial charge in [-0.3, -0.25) is 4.57 Å². The molecule has 0 atom stereocenters. The van der Waals surface area contributed by atoms with E-state index in [0.717, 1.165) is 22.8 Å². The first-order chi connectivity index (χ1) is 13.4. The summed E-state index contributed by atoms with van der Waals surface area (Å²) in [6.45, 7) is 1.54. The predicted molar refractivity (Wildman–Crippen MR) is 85.7 cm³/mol. The van der Waals surface area contributed by atoms with Crippen LogP contribution in [-0.4, -0.2) is 33.2 Å². The molecule has 1 heterocycles. The number of imidazole rings is 1. The molecule has 1 aromatic heterocycles. The molecule has 0 radical (unpaired) electrons. The highest BCUT2D eigenvalue weighted by Crippen LogP contribution is 2.34. The Labute approximate surface area is 160 Å². The zero-order chi connectivity index (χ0) is 22.0. The van der Waals surface area contributed by atoms with Gasteiger partial charge >= 0.3 is 18.5 Å². The van der Waals surface area contributed by atoms with E-state index in [1.165, 1.54) is 6.92 Å². The largest absolute Gasteiger partial charge is 0.573 e. The van der Waals surface area contributed by atoms with Gasteiger partial charge in [-0.1, -0.05) is 13.0 Å². The number of halogens is 6. The summed E-state index contributed by atoms with van der Waals surface area (Å²) in [4.78, 5) is 15.1. The van der Waals surface area contributed by atoms with Crippen molar-refractivity contribution in [2.75, 3.05) is 0 Å². The topological polar surface area (TPSA) is 88.1 Å². The lowest BCUT2D eigenvalue weighted by Crippen LogP contribution is -2.19. The van der Waals surface area contributed by atoms with Crippen molar-refractivity contribution >= 4 is 5.97 Å². The van der Waals surface area contributed by atoms with Crippen molar-refractivity contribution in [3.63, 3.8) is 0 Å². The minimum Gasteiger partial charge on any atom is -0.476 e. The number of carbonyl (C=O) groups is 1. The van der Waals surface area contributed by atoms with Gasteiger partial charge in [-0.05, 0) is 24.1 Å². The van der Waals surface area contributed by atoms with Crippen LogP contribution in [0.1, 0.15) is 40.9 Å². The molecule has 0 amide bonds. The standard InChI is InChI=1S/C17H13F6N3O3/c1-2-13-25-14(15(27)28)11(8-24)26(13)10-4-3-9(5-6-16(18,19)20)7-12(10)29-17(21,22)23/h3-4,7H,2,5-6H2,1H3,(H,27,28). The van der Waals surface area contributed by atoms with Crippen LogP contribution >= 0.6 is 0 Å². The van der Waals surface area contributed by atoms with Crippen LogP contribution in [0.4, 0.5) is 26.3 Å². The van der Waals surface area contributed by atoms with E-state index in [4.69, 9.17) is 0 Å². The number of aromatic carboxylic acids is 1. The first kappa shape index (κ1) is 22.1. The highest BCUT2D eigenvalue weighted by atomic mass is 19.4. The van der Waals surface area contributed by atoms with Crippen molar-refractivity contribution in [2.45, 2.75) is 38.7 Å². The van der Waals surface area contributed by atoms with Crippen LogP contribution in [-0.2, 0) is 12.8 Å². The Hall–Kier alpha value is -3.23. The van der Waals surface area contributed by atoms with E-state index in [0.29, 0.717) is 0 Å². The maximum Gasteiger partial charge on any atom is 0.573 e. The number of rotatable bonds is 6. The second kappa shape index (κ2) is 8.02. The second-order valence-electron chi connectivity index (χ2n) is 5.80. The SMILES string of the molecule is CCc1nc(C(=O)O)c(C#N)n1-c1ccc(CCC(F)(F)F)cc1OC(F)(F)F. The third-order valence-corrected chi connectivity index (χ3v) is 3.76. The van der Waals surface area contributed by atoms with E-state index < -0.39 is 48.5 Å². The molecular formula is C17H13F6N3O3. The van der Waals surface area contributed by atoms with Crippen molar-refractivity contribution in [2.24, 2.45) is 0 Å². The van der Waals surface area contributed by atoms with Gasteiger partial charge < -0.3 is 9.84 Å². The Balaban J connectivity index is 2.66. The lowest BCUT2D eigenvalue weighted by molar-refractivity contribution is -0.274. The zero-order valence-electron chi connectivity index (χ0n) is 14.7. The Morgan fingerprint density at radius 2 is 1.93 bits per heavy atom. The van der Waals surface area contributed by atoms with Crippen LogP contribution in [0, 0.1) is 11.3 Å². The van der Waals surface area contributed by atoms with Gasteiger partial charge in [0.05, 0.1) is 5.69 Å². The average Bonchev–Trinajstić information content (AvgIpc) is 2.97. The van der Waals surface area contributed by atoms with Crippen molar-refractivity contribution in [1.29, 1.82) is 5.26 Å². The number of carboxylic acids is 1. The van der Waals surface area contributed by atoms with E-state index in [1.54, 1.807) is 6.07 Å². The van der Waals surface area contributed by atoms with Crippen molar-refractivity contribution in [1.82, 2.24) is 9.55 Å². The van der Waals surface area contributed by atoms with Gasteiger partial charge in [-0.25, -0.2) is 9.78 Å². The number of nitrogens with zero attached hydrogens (tertiary/aromatic N) is 3. The third kappa shape index (κ3) is 5.40. The second-order valence-corrected chi connectivity index (χ2v) is 5.80. The van der Waals surface area contributed by atoms with Crippen LogP contribution in [0.3, 0.4) is 0 Å². The molecule has 0 saturated heterocycles. The van der Waals surface area contributed by atoms with Gasteiger partial charge in [0.1, 0.15) is 11.9 Å². The number of ether oxygens (including phenoxy) is 1. The molecule has 29 heavy (non-hydrogen) atoms. The fourth-order valence-electron chi connectivity index (χ4n) is 2.61. The number of alkyl halides is 6. The molecule has 1 aromatic carbocycles. The van der Waals surface area contributed by atoms with Gasteiger partial charge in [0, 0.05) is 12.8 Å². The molecule has 1 N–H and O–H groups in total. The maximum atomic E-state index is 12.9. The molecule has 0 aliphatic heterocycles. The summed E-state index contributed by atoms with van der Waals surface area (Å²) in [5, 5.41) is 18.5. The molecule has 6 nitrogen and oxygen atoms in total. The monoisotopic (exact) mass is 421 g/mol. The number of hydrogen-bond donors (Lipinski definition) is 1. The quantitative estimate of drug-likeness (QED) is 0.699.